The van der Waals surface area contributed by atoms with Crippen LogP contribution < -0.4 is 20.6 Å². The first-order valence-electron chi connectivity index (χ1n) is 31.7. The zero-order valence-electron chi connectivity index (χ0n) is 61.0. The van der Waals surface area contributed by atoms with E-state index in [4.69, 9.17) is 29.3 Å². The standard InChI is InChI=1S/C23H34N2O3S2.C19H30BNO4.C19H26N2O2S.C10H16BrNOS2.I2/c1-16(24-30(27)23(5,6)7)20-13-18(15-29-20)19-12-10-9-11-17(19)14-25(8)21(26)28-22(2,3)4;1-17(2,3)23-16(22)21(8)13-14-11-9-10-12-15(14)20-24-18(4,5)19(6,7)25-20;1-13(20)17-10-15(12-24-17)16-9-7-6-8-14(16)11-21(5)18(22)23-19(2,3)4;1-7(9-5-8(11)6-14-9)12-15(13)10(2,3)4;1-2/h9-13,15-16,24H,14H2,1-8H3;9-12H,13H2,1-8H3;6-10,12-13H,11,20H2,1-5H3;5-7,12H,1-4H3;/t16?,30-;;13-;7?,15-;/m1.01./s1. The summed E-state index contributed by atoms with van der Waals surface area (Å²) in [5, 5.41) is 6.26. The summed E-state index contributed by atoms with van der Waals surface area (Å²) in [7, 11) is 2.64. The molecule has 0 spiro atoms. The molecule has 3 aromatic heterocycles. The number of carbonyl (C=O) groups is 3. The van der Waals surface area contributed by atoms with Crippen LogP contribution in [-0.2, 0) is 65.1 Å². The van der Waals surface area contributed by atoms with Crippen LogP contribution in [0.25, 0.3) is 22.3 Å². The monoisotopic (exact) mass is 1710 g/mol. The minimum absolute atomic E-state index is 0.0135. The quantitative estimate of drug-likeness (QED) is 0.0475. The van der Waals surface area contributed by atoms with Crippen LogP contribution in [0.4, 0.5) is 14.4 Å². The lowest BCUT2D eigenvalue weighted by Crippen LogP contribution is -2.41. The van der Waals surface area contributed by atoms with Crippen molar-refractivity contribution in [3.63, 3.8) is 0 Å². The van der Waals surface area contributed by atoms with Gasteiger partial charge in [-0.05, 0) is 242 Å². The van der Waals surface area contributed by atoms with E-state index in [0.717, 1.165) is 58.6 Å². The first-order valence-corrected chi connectivity index (χ1v) is 43.7. The average molecular weight is 1710 g/mol. The highest BCUT2D eigenvalue weighted by atomic mass is 128. The summed E-state index contributed by atoms with van der Waals surface area (Å²) in [5.41, 5.74) is 12.1. The molecule has 0 radical (unpaired) electrons. The van der Waals surface area contributed by atoms with Crippen LogP contribution >= 0.6 is 87.2 Å². The van der Waals surface area contributed by atoms with Gasteiger partial charge in [-0.15, -0.1) is 34.0 Å². The van der Waals surface area contributed by atoms with Crippen molar-refractivity contribution in [2.75, 3.05) is 21.1 Å². The summed E-state index contributed by atoms with van der Waals surface area (Å²) in [6.45, 7) is 44.1. The lowest BCUT2D eigenvalue weighted by atomic mass is 9.76. The molecule has 7 rings (SSSR count). The molecule has 3 amide bonds. The highest BCUT2D eigenvalue weighted by molar-refractivity contribution is 15.0. The summed E-state index contributed by atoms with van der Waals surface area (Å²) in [5.74, 6) is 0. The second-order valence-electron chi connectivity index (χ2n) is 29.5. The van der Waals surface area contributed by atoms with Gasteiger partial charge in [0.1, 0.15) is 16.8 Å². The number of nitrogens with one attached hydrogen (secondary N) is 2. The van der Waals surface area contributed by atoms with Crippen LogP contribution in [0.1, 0.15) is 202 Å². The third-order valence-electron chi connectivity index (χ3n) is 14.4. The van der Waals surface area contributed by atoms with Gasteiger partial charge >= 0.3 is 25.4 Å². The number of hydrogen-bond donors (Lipinski definition) is 3. The lowest BCUT2D eigenvalue weighted by Gasteiger charge is -2.32. The van der Waals surface area contributed by atoms with Crippen molar-refractivity contribution >= 4 is 140 Å². The Morgan fingerprint density at radius 3 is 1.19 bits per heavy atom. The number of nitrogens with zero attached hydrogens (tertiary/aromatic N) is 3. The Hall–Kier alpha value is -3.33. The highest BCUT2D eigenvalue weighted by Crippen LogP contribution is 2.38. The van der Waals surface area contributed by atoms with Gasteiger partial charge in [0.05, 0.1) is 54.8 Å². The molecule has 1 aliphatic rings. The molecule has 3 aromatic carbocycles. The molecular weight excluding hydrogens is 1600 g/mol. The smallest absolute Gasteiger partial charge is 0.444 e. The first kappa shape index (κ1) is 86.9. The van der Waals surface area contributed by atoms with Crippen molar-refractivity contribution in [1.29, 1.82) is 0 Å². The topological polar surface area (TPSA) is 191 Å². The first-order chi connectivity index (χ1) is 44.1. The van der Waals surface area contributed by atoms with Gasteiger partial charge < -0.3 is 44.0 Å². The van der Waals surface area contributed by atoms with Crippen LogP contribution in [0, 0.1) is 0 Å². The average Bonchev–Trinajstić information content (AvgIpc) is 1.62. The van der Waals surface area contributed by atoms with Crippen LogP contribution in [-0.4, -0.2) is 107 Å². The minimum atomic E-state index is -1.13. The maximum atomic E-state index is 12.4. The number of ether oxygens (including phenoxy) is 3. The van der Waals surface area contributed by atoms with E-state index in [-0.39, 0.29) is 45.9 Å². The molecule has 1 saturated heterocycles. The largest absolute Gasteiger partial charge is 0.495 e. The fourth-order valence-corrected chi connectivity index (χ4v) is 13.5. The van der Waals surface area contributed by atoms with E-state index in [1.54, 1.807) is 69.9 Å². The van der Waals surface area contributed by atoms with Gasteiger partial charge in [-0.25, -0.2) is 32.2 Å². The third-order valence-corrected chi connectivity index (χ3v) is 21.9. The van der Waals surface area contributed by atoms with Crippen molar-refractivity contribution in [3.05, 3.63) is 143 Å². The van der Waals surface area contributed by atoms with Crippen molar-refractivity contribution in [1.82, 2.24) is 24.1 Å². The third kappa shape index (κ3) is 29.0. The summed E-state index contributed by atoms with van der Waals surface area (Å²) in [6.07, 6.45) is -1.01. The molecule has 2 unspecified atom stereocenters. The Morgan fingerprint density at radius 2 is 0.854 bits per heavy atom. The molecule has 16 nitrogen and oxygen atoms in total. The SMILES string of the molecule is CC(N[S@](=O)C(C)(C)C)c1cc(-c2ccccc2CN(C)C(=O)OC(C)(C)C)cs1.CC(N[S@](=O)C(C)(C)C)c1cc(Br)cs1.CN(Cc1ccccc1B1OC(C)(C)C(C)(C)O1)C(=O)OC(C)(C)C.C[C@H](N)c1cc(-c2ccccc2CN(C)C(=O)OC(C)(C)C)cs1.II. The van der Waals surface area contributed by atoms with Crippen molar-refractivity contribution in [2.45, 2.75) is 228 Å². The van der Waals surface area contributed by atoms with Crippen molar-refractivity contribution in [3.8, 4) is 22.3 Å². The number of amides is 3. The van der Waals surface area contributed by atoms with E-state index in [0.29, 0.717) is 19.6 Å². The van der Waals surface area contributed by atoms with Crippen molar-refractivity contribution in [2.24, 2.45) is 5.73 Å². The van der Waals surface area contributed by atoms with Crippen LogP contribution in [0.2, 0.25) is 0 Å². The van der Waals surface area contributed by atoms with E-state index in [9.17, 15) is 22.8 Å². The summed E-state index contributed by atoms with van der Waals surface area (Å²) in [4.78, 5) is 45.0. The van der Waals surface area contributed by atoms with Gasteiger partial charge in [-0.2, -0.15) is 0 Å². The van der Waals surface area contributed by atoms with E-state index in [1.165, 1.54) is 4.88 Å². The molecule has 0 aliphatic carbocycles. The fraction of sp³-hybridized carbons (Fsp3) is 0.535. The van der Waals surface area contributed by atoms with Gasteiger partial charge in [0, 0.05) is 109 Å². The molecule has 534 valence electrons. The maximum Gasteiger partial charge on any atom is 0.495 e. The predicted molar refractivity (Wildman–Crippen MR) is 426 cm³/mol. The zero-order valence-corrected chi connectivity index (χ0v) is 71.0. The molecule has 25 heteroatoms. The second kappa shape index (κ2) is 37.6. The number of benzene rings is 3. The fourth-order valence-electron chi connectivity index (χ4n) is 8.54. The molecule has 6 aromatic rings. The number of carbonyl (C=O) groups excluding carboxylic acids is 3. The molecule has 0 bridgehead atoms. The Bertz CT molecular complexity index is 3480. The van der Waals surface area contributed by atoms with Crippen LogP contribution in [0.5, 0.6) is 0 Å². The molecule has 1 fully saturated rings. The molecule has 0 saturated carbocycles. The number of halogens is 3. The van der Waals surface area contributed by atoms with E-state index >= 15 is 0 Å². The van der Waals surface area contributed by atoms with Gasteiger partial charge in [-0.1, -0.05) is 72.8 Å². The number of thiophene rings is 3. The Balaban J connectivity index is 0.000000338. The lowest BCUT2D eigenvalue weighted by molar-refractivity contribution is 0.00578. The number of hydrogen-bond acceptors (Lipinski definition) is 14. The van der Waals surface area contributed by atoms with Gasteiger partial charge in [0.2, 0.25) is 0 Å². The second-order valence-corrected chi connectivity index (χ2v) is 37.2. The minimum Gasteiger partial charge on any atom is -0.444 e. The van der Waals surface area contributed by atoms with Crippen molar-refractivity contribution < 1.29 is 46.3 Å². The zero-order chi connectivity index (χ0) is 73.3. The van der Waals surface area contributed by atoms with Gasteiger partial charge in [0.25, 0.3) is 0 Å². The molecular formula is C71H106BBrI2N6O10S5. The molecule has 4 N–H and O–H groups in total. The normalized spacial score (nSPS) is 15.2. The van der Waals surface area contributed by atoms with E-state index < -0.39 is 57.1 Å². The number of rotatable bonds is 16. The van der Waals surface area contributed by atoms with Gasteiger partial charge in [0.15, 0.2) is 0 Å². The highest BCUT2D eigenvalue weighted by Gasteiger charge is 2.52. The molecule has 1 aliphatic heterocycles. The molecule has 4 heterocycles. The van der Waals surface area contributed by atoms with Crippen LogP contribution in [0.15, 0.2) is 112 Å². The van der Waals surface area contributed by atoms with E-state index in [2.05, 4.69) is 104 Å². The predicted octanol–water partition coefficient (Wildman–Crippen LogP) is 19.4. The molecule has 5 atom stereocenters. The van der Waals surface area contributed by atoms with Gasteiger partial charge in [-0.3, -0.25) is 0 Å². The van der Waals surface area contributed by atoms with Crippen LogP contribution in [0.3, 0.4) is 0 Å². The summed E-state index contributed by atoms with van der Waals surface area (Å²) in [6, 6.07) is 30.5. The summed E-state index contributed by atoms with van der Waals surface area (Å²) >= 11 is 12.6. The maximum absolute atomic E-state index is 12.4. The van der Waals surface area contributed by atoms with E-state index in [1.807, 2.05) is 218 Å². The molecule has 96 heavy (non-hydrogen) atoms. The number of nitrogens with two attached hydrogens (primary N) is 1. The summed E-state index contributed by atoms with van der Waals surface area (Å²) < 4.78 is 59.8. The Labute approximate surface area is 624 Å². The Kier molecular flexibility index (Phi) is 34.0. The Morgan fingerprint density at radius 1 is 0.542 bits per heavy atom.